The van der Waals surface area contributed by atoms with Gasteiger partial charge in [0.25, 0.3) is 0 Å². The van der Waals surface area contributed by atoms with E-state index in [1.807, 2.05) is 5.38 Å². The number of hydrogen-bond acceptors (Lipinski definition) is 5. The van der Waals surface area contributed by atoms with E-state index < -0.39 is 5.97 Å². The lowest BCUT2D eigenvalue weighted by Crippen LogP contribution is -2.09. The normalized spacial score (nSPS) is 10.7. The van der Waals surface area contributed by atoms with Gasteiger partial charge in [-0.15, -0.1) is 11.3 Å². The molecule has 0 saturated heterocycles. The zero-order valence-electron chi connectivity index (χ0n) is 12.4. The van der Waals surface area contributed by atoms with Gasteiger partial charge in [0.2, 0.25) is 0 Å². The van der Waals surface area contributed by atoms with Crippen molar-refractivity contribution < 1.29 is 13.9 Å². The zero-order valence-corrected chi connectivity index (χ0v) is 13.2. The van der Waals surface area contributed by atoms with E-state index in [0.29, 0.717) is 16.3 Å². The molecule has 0 atom stereocenters. The van der Waals surface area contributed by atoms with Crippen molar-refractivity contribution in [2.45, 2.75) is 13.5 Å². The van der Waals surface area contributed by atoms with Crippen molar-refractivity contribution in [3.05, 3.63) is 59.0 Å². The lowest BCUT2D eigenvalue weighted by Gasteiger charge is -2.06. The van der Waals surface area contributed by atoms with Crippen molar-refractivity contribution in [3.63, 3.8) is 0 Å². The summed E-state index contributed by atoms with van der Waals surface area (Å²) in [7, 11) is 0. The minimum absolute atomic E-state index is 0.188. The first kappa shape index (κ1) is 15.4. The van der Waals surface area contributed by atoms with Crippen LogP contribution in [0, 0.1) is 5.82 Å². The Bertz CT molecular complexity index is 815. The van der Waals surface area contributed by atoms with Crippen LogP contribution in [0.3, 0.4) is 0 Å². The average molecular weight is 331 g/mol. The fraction of sp³-hybridized carbons (Fsp3) is 0.188. The third kappa shape index (κ3) is 3.29. The summed E-state index contributed by atoms with van der Waals surface area (Å²) >= 11 is 1.43. The van der Waals surface area contributed by atoms with Crippen molar-refractivity contribution in [2.24, 2.45) is 0 Å². The van der Waals surface area contributed by atoms with Crippen LogP contribution >= 0.6 is 11.3 Å². The van der Waals surface area contributed by atoms with E-state index in [1.165, 1.54) is 17.4 Å². The molecule has 5 nitrogen and oxygen atoms in total. The van der Waals surface area contributed by atoms with Gasteiger partial charge in [-0.05, 0) is 13.0 Å². The first-order valence-electron chi connectivity index (χ1n) is 7.07. The van der Waals surface area contributed by atoms with Crippen molar-refractivity contribution in [1.29, 1.82) is 0 Å². The number of esters is 1. The summed E-state index contributed by atoms with van der Waals surface area (Å²) in [6, 6.07) is 8.10. The summed E-state index contributed by atoms with van der Waals surface area (Å²) in [6.07, 6.45) is 1.67. The van der Waals surface area contributed by atoms with Crippen molar-refractivity contribution in [2.75, 3.05) is 6.61 Å². The van der Waals surface area contributed by atoms with Crippen LogP contribution in [0.15, 0.2) is 41.9 Å². The molecule has 0 aliphatic heterocycles. The third-order valence-electron chi connectivity index (χ3n) is 3.19. The van der Waals surface area contributed by atoms with E-state index in [4.69, 9.17) is 4.74 Å². The monoisotopic (exact) mass is 331 g/mol. The summed E-state index contributed by atoms with van der Waals surface area (Å²) < 4.78 is 20.4. The second kappa shape index (κ2) is 6.70. The highest BCUT2D eigenvalue weighted by atomic mass is 32.1. The number of carbonyl (C=O) groups excluding carboxylic acids is 1. The number of thiazole rings is 1. The molecule has 3 aromatic rings. The Labute approximate surface area is 136 Å². The number of halogens is 1. The molecule has 0 saturated carbocycles. The highest BCUT2D eigenvalue weighted by Crippen LogP contribution is 2.24. The van der Waals surface area contributed by atoms with Crippen LogP contribution in [0.5, 0.6) is 0 Å². The van der Waals surface area contributed by atoms with Gasteiger partial charge in [0.1, 0.15) is 10.8 Å². The first-order valence-corrected chi connectivity index (χ1v) is 7.95. The van der Waals surface area contributed by atoms with Gasteiger partial charge in [0.15, 0.2) is 5.69 Å². The van der Waals surface area contributed by atoms with Gasteiger partial charge in [-0.2, -0.15) is 5.10 Å². The number of nitrogens with zero attached hydrogens (tertiary/aromatic N) is 3. The van der Waals surface area contributed by atoms with Crippen LogP contribution in [-0.4, -0.2) is 27.3 Å². The molecule has 118 valence electrons. The van der Waals surface area contributed by atoms with Gasteiger partial charge in [-0.1, -0.05) is 18.2 Å². The molecule has 7 heteroatoms. The topological polar surface area (TPSA) is 57.0 Å². The third-order valence-corrected chi connectivity index (χ3v) is 3.99. The average Bonchev–Trinajstić information content (AvgIpc) is 3.19. The fourth-order valence-electron chi connectivity index (χ4n) is 2.15. The van der Waals surface area contributed by atoms with Gasteiger partial charge < -0.3 is 4.74 Å². The Morgan fingerprint density at radius 3 is 2.91 bits per heavy atom. The lowest BCUT2D eigenvalue weighted by molar-refractivity contribution is 0.0518. The Morgan fingerprint density at radius 2 is 2.22 bits per heavy atom. The van der Waals surface area contributed by atoms with E-state index in [2.05, 4.69) is 10.1 Å². The number of hydrogen-bond donors (Lipinski definition) is 0. The van der Waals surface area contributed by atoms with Crippen molar-refractivity contribution >= 4 is 17.3 Å². The molecular formula is C16H14FN3O2S. The molecule has 0 fully saturated rings. The SMILES string of the molecule is CCOC(=O)c1cc(-c2nccs2)n(Cc2ccccc2F)n1. The minimum atomic E-state index is -0.502. The number of benzene rings is 1. The second-order valence-electron chi connectivity index (χ2n) is 4.72. The summed E-state index contributed by atoms with van der Waals surface area (Å²) in [4.78, 5) is 16.2. The maximum absolute atomic E-state index is 13.9. The second-order valence-corrected chi connectivity index (χ2v) is 5.62. The summed E-state index contributed by atoms with van der Waals surface area (Å²) in [5.74, 6) is -0.816. The van der Waals surface area contributed by atoms with Gasteiger partial charge in [-0.3, -0.25) is 4.68 Å². The molecule has 0 N–H and O–H groups in total. The molecule has 0 unspecified atom stereocenters. The molecule has 2 heterocycles. The van der Waals surface area contributed by atoms with Gasteiger partial charge in [0.05, 0.1) is 18.8 Å². The predicted octanol–water partition coefficient (Wildman–Crippen LogP) is 3.37. The first-order chi connectivity index (χ1) is 11.2. The van der Waals surface area contributed by atoms with Crippen LogP contribution in [-0.2, 0) is 11.3 Å². The van der Waals surface area contributed by atoms with Crippen LogP contribution in [0.4, 0.5) is 4.39 Å². The van der Waals surface area contributed by atoms with E-state index >= 15 is 0 Å². The van der Waals surface area contributed by atoms with Crippen molar-refractivity contribution in [1.82, 2.24) is 14.8 Å². The molecule has 0 bridgehead atoms. The van der Waals surface area contributed by atoms with E-state index in [1.54, 1.807) is 42.1 Å². The summed E-state index contributed by atoms with van der Waals surface area (Å²) in [5, 5.41) is 6.81. The van der Waals surface area contributed by atoms with Crippen LogP contribution in [0.2, 0.25) is 0 Å². The molecule has 1 aromatic carbocycles. The van der Waals surface area contributed by atoms with Gasteiger partial charge >= 0.3 is 5.97 Å². The number of carbonyl (C=O) groups is 1. The summed E-state index contributed by atoms with van der Waals surface area (Å²) in [5.41, 5.74) is 1.34. The molecule has 23 heavy (non-hydrogen) atoms. The van der Waals surface area contributed by atoms with Crippen LogP contribution in [0.1, 0.15) is 23.0 Å². The molecule has 2 aromatic heterocycles. The van der Waals surface area contributed by atoms with Crippen molar-refractivity contribution in [3.8, 4) is 10.7 Å². The molecule has 0 spiro atoms. The minimum Gasteiger partial charge on any atom is -0.461 e. The van der Waals surface area contributed by atoms with Crippen LogP contribution in [0.25, 0.3) is 10.7 Å². The Hall–Kier alpha value is -2.54. The molecule has 0 aliphatic carbocycles. The summed E-state index contributed by atoms with van der Waals surface area (Å²) in [6.45, 7) is 2.21. The van der Waals surface area contributed by atoms with Gasteiger partial charge in [-0.25, -0.2) is 14.2 Å². The highest BCUT2D eigenvalue weighted by molar-refractivity contribution is 7.13. The number of rotatable bonds is 5. The standard InChI is InChI=1S/C16H14FN3O2S/c1-2-22-16(21)13-9-14(15-18-7-8-23-15)20(19-13)10-11-5-3-4-6-12(11)17/h3-9H,2,10H2,1H3. The largest absolute Gasteiger partial charge is 0.461 e. The number of ether oxygens (including phenoxy) is 1. The predicted molar refractivity (Wildman–Crippen MR) is 84.8 cm³/mol. The Kier molecular flexibility index (Phi) is 4.47. The molecular weight excluding hydrogens is 317 g/mol. The van der Waals surface area contributed by atoms with E-state index in [-0.39, 0.29) is 24.7 Å². The zero-order chi connectivity index (χ0) is 16.2. The molecule has 0 aliphatic rings. The lowest BCUT2D eigenvalue weighted by atomic mass is 10.2. The quantitative estimate of drug-likeness (QED) is 0.673. The highest BCUT2D eigenvalue weighted by Gasteiger charge is 2.18. The van der Waals surface area contributed by atoms with Gasteiger partial charge in [0, 0.05) is 23.2 Å². The number of aromatic nitrogens is 3. The van der Waals surface area contributed by atoms with E-state index in [9.17, 15) is 9.18 Å². The Balaban J connectivity index is 2.00. The maximum Gasteiger partial charge on any atom is 0.358 e. The fourth-order valence-corrected chi connectivity index (χ4v) is 2.81. The maximum atomic E-state index is 13.9. The Morgan fingerprint density at radius 1 is 1.39 bits per heavy atom. The van der Waals surface area contributed by atoms with Crippen LogP contribution < -0.4 is 0 Å². The molecule has 3 rings (SSSR count). The van der Waals surface area contributed by atoms with E-state index in [0.717, 1.165) is 0 Å². The molecule has 0 amide bonds. The smallest absolute Gasteiger partial charge is 0.358 e. The molecule has 0 radical (unpaired) electrons.